The van der Waals surface area contributed by atoms with E-state index in [-0.39, 0.29) is 11.7 Å². The Balaban J connectivity index is 1.56. The van der Waals surface area contributed by atoms with Gasteiger partial charge in [-0.3, -0.25) is 4.79 Å². The molecule has 3 rings (SSSR count). The van der Waals surface area contributed by atoms with E-state index in [1.54, 1.807) is 6.07 Å². The number of rotatable bonds is 5. The number of aliphatic hydroxyl groups is 1. The van der Waals surface area contributed by atoms with Crippen LogP contribution in [0.5, 0.6) is 0 Å². The quantitative estimate of drug-likeness (QED) is 0.759. The predicted molar refractivity (Wildman–Crippen MR) is 84.6 cm³/mol. The summed E-state index contributed by atoms with van der Waals surface area (Å²) in [5, 5.41) is 13.7. The summed E-state index contributed by atoms with van der Waals surface area (Å²) in [7, 11) is 0. The third kappa shape index (κ3) is 3.18. The van der Waals surface area contributed by atoms with Crippen molar-refractivity contribution in [1.82, 2.24) is 5.32 Å². The second-order valence-corrected chi connectivity index (χ2v) is 5.12. The molecular formula is C18H17NO3. The molecule has 2 aromatic carbocycles. The summed E-state index contributed by atoms with van der Waals surface area (Å²) >= 11 is 0. The number of benzene rings is 2. The van der Waals surface area contributed by atoms with Crippen molar-refractivity contribution in [3.63, 3.8) is 0 Å². The second kappa shape index (κ2) is 6.45. The molecule has 1 amide bonds. The zero-order valence-electron chi connectivity index (χ0n) is 12.0. The van der Waals surface area contributed by atoms with E-state index in [9.17, 15) is 9.90 Å². The van der Waals surface area contributed by atoms with Gasteiger partial charge in [0.1, 0.15) is 5.58 Å². The summed E-state index contributed by atoms with van der Waals surface area (Å²) in [6.07, 6.45) is -0.132. The predicted octanol–water partition coefficient (Wildman–Crippen LogP) is 3.29. The Morgan fingerprint density at radius 1 is 1.09 bits per heavy atom. The van der Waals surface area contributed by atoms with Gasteiger partial charge in [-0.2, -0.15) is 0 Å². The topological polar surface area (TPSA) is 62.5 Å². The lowest BCUT2D eigenvalue weighted by Gasteiger charge is -2.10. The Labute approximate surface area is 128 Å². The largest absolute Gasteiger partial charge is 0.451 e. The van der Waals surface area contributed by atoms with E-state index < -0.39 is 6.10 Å². The van der Waals surface area contributed by atoms with Crippen LogP contribution < -0.4 is 5.32 Å². The summed E-state index contributed by atoms with van der Waals surface area (Å²) in [6.45, 7) is 0.381. The molecule has 0 radical (unpaired) electrons. The molecule has 3 aromatic rings. The lowest BCUT2D eigenvalue weighted by Crippen LogP contribution is -2.25. The van der Waals surface area contributed by atoms with Crippen LogP contribution in [0.25, 0.3) is 11.0 Å². The van der Waals surface area contributed by atoms with E-state index >= 15 is 0 Å². The van der Waals surface area contributed by atoms with Gasteiger partial charge in [0, 0.05) is 11.9 Å². The molecule has 0 aliphatic carbocycles. The molecule has 4 nitrogen and oxygen atoms in total. The number of hydrogen-bond acceptors (Lipinski definition) is 3. The Kier molecular flexibility index (Phi) is 4.21. The van der Waals surface area contributed by atoms with E-state index in [4.69, 9.17) is 4.42 Å². The third-order valence-corrected chi connectivity index (χ3v) is 3.54. The fourth-order valence-electron chi connectivity index (χ4n) is 2.35. The molecular weight excluding hydrogens is 278 g/mol. The number of carbonyl (C=O) groups excluding carboxylic acids is 1. The molecule has 0 aliphatic rings. The second-order valence-electron chi connectivity index (χ2n) is 5.12. The Hall–Kier alpha value is -2.59. The highest BCUT2D eigenvalue weighted by Gasteiger charge is 2.13. The van der Waals surface area contributed by atoms with Crippen LogP contribution in [0, 0.1) is 0 Å². The van der Waals surface area contributed by atoms with Gasteiger partial charge in [-0.1, -0.05) is 48.5 Å². The first kappa shape index (κ1) is 14.4. The van der Waals surface area contributed by atoms with Gasteiger partial charge in [-0.05, 0) is 24.1 Å². The lowest BCUT2D eigenvalue weighted by atomic mass is 10.1. The summed E-state index contributed by atoms with van der Waals surface area (Å²) in [6, 6.07) is 18.6. The van der Waals surface area contributed by atoms with Gasteiger partial charge in [0.05, 0.1) is 6.10 Å². The molecule has 112 valence electrons. The maximum atomic E-state index is 12.0. The van der Waals surface area contributed by atoms with Crippen LogP contribution in [-0.4, -0.2) is 17.6 Å². The third-order valence-electron chi connectivity index (χ3n) is 3.54. The maximum absolute atomic E-state index is 12.0. The first-order valence-electron chi connectivity index (χ1n) is 7.24. The van der Waals surface area contributed by atoms with Gasteiger partial charge in [0.25, 0.3) is 5.91 Å². The Bertz CT molecular complexity index is 731. The van der Waals surface area contributed by atoms with Crippen LogP contribution in [-0.2, 0) is 0 Å². The van der Waals surface area contributed by atoms with Crippen LogP contribution in [0.3, 0.4) is 0 Å². The first-order chi connectivity index (χ1) is 10.7. The van der Waals surface area contributed by atoms with Crippen LogP contribution in [0.15, 0.2) is 65.1 Å². The van der Waals surface area contributed by atoms with Gasteiger partial charge in [0.2, 0.25) is 0 Å². The van der Waals surface area contributed by atoms with Crippen molar-refractivity contribution in [2.24, 2.45) is 0 Å². The minimum atomic E-state index is -0.586. The number of fused-ring (bicyclic) bond motifs is 1. The van der Waals surface area contributed by atoms with E-state index in [0.29, 0.717) is 18.5 Å². The number of aliphatic hydroxyl groups excluding tert-OH is 1. The minimum absolute atomic E-state index is 0.267. The maximum Gasteiger partial charge on any atom is 0.287 e. The lowest BCUT2D eigenvalue weighted by molar-refractivity contribution is 0.0917. The molecule has 1 atom stereocenters. The molecule has 0 aliphatic heterocycles. The van der Waals surface area contributed by atoms with E-state index in [2.05, 4.69) is 5.32 Å². The molecule has 1 aromatic heterocycles. The van der Waals surface area contributed by atoms with Crippen molar-refractivity contribution in [3.05, 3.63) is 72.0 Å². The molecule has 1 unspecified atom stereocenters. The van der Waals surface area contributed by atoms with Gasteiger partial charge >= 0.3 is 0 Å². The van der Waals surface area contributed by atoms with Crippen LogP contribution in [0.2, 0.25) is 0 Å². The fraction of sp³-hybridized carbons (Fsp3) is 0.167. The van der Waals surface area contributed by atoms with E-state index in [1.165, 1.54) is 0 Å². The van der Waals surface area contributed by atoms with Gasteiger partial charge < -0.3 is 14.8 Å². The zero-order valence-corrected chi connectivity index (χ0v) is 12.0. The number of carbonyl (C=O) groups is 1. The SMILES string of the molecule is O=C(NCCC(O)c1ccccc1)c1cc2ccccc2o1. The fourth-order valence-corrected chi connectivity index (χ4v) is 2.35. The molecule has 0 spiro atoms. The van der Waals surface area contributed by atoms with Crippen LogP contribution >= 0.6 is 0 Å². The van der Waals surface area contributed by atoms with Crippen molar-refractivity contribution in [3.8, 4) is 0 Å². The monoisotopic (exact) mass is 295 g/mol. The average molecular weight is 295 g/mol. The molecule has 4 heteroatoms. The van der Waals surface area contributed by atoms with Crippen molar-refractivity contribution in [2.75, 3.05) is 6.54 Å². The standard InChI is InChI=1S/C18H17NO3/c20-15(13-6-2-1-3-7-13)10-11-19-18(21)17-12-14-8-4-5-9-16(14)22-17/h1-9,12,15,20H,10-11H2,(H,19,21). The Morgan fingerprint density at radius 3 is 2.59 bits per heavy atom. The molecule has 1 heterocycles. The summed E-state index contributed by atoms with van der Waals surface area (Å²) in [4.78, 5) is 12.0. The highest BCUT2D eigenvalue weighted by molar-refractivity contribution is 5.96. The highest BCUT2D eigenvalue weighted by atomic mass is 16.3. The Morgan fingerprint density at radius 2 is 1.82 bits per heavy atom. The van der Waals surface area contributed by atoms with Gasteiger partial charge in [0.15, 0.2) is 5.76 Å². The molecule has 0 saturated heterocycles. The van der Waals surface area contributed by atoms with E-state index in [0.717, 1.165) is 10.9 Å². The summed E-state index contributed by atoms with van der Waals surface area (Å²) in [5.74, 6) is 0.0202. The summed E-state index contributed by atoms with van der Waals surface area (Å²) < 4.78 is 5.50. The van der Waals surface area contributed by atoms with Crippen molar-refractivity contribution in [1.29, 1.82) is 0 Å². The normalized spacial score (nSPS) is 12.2. The first-order valence-corrected chi connectivity index (χ1v) is 7.24. The molecule has 0 bridgehead atoms. The smallest absolute Gasteiger partial charge is 0.287 e. The summed E-state index contributed by atoms with van der Waals surface area (Å²) in [5.41, 5.74) is 1.54. The molecule has 0 fully saturated rings. The van der Waals surface area contributed by atoms with Crippen molar-refractivity contribution >= 4 is 16.9 Å². The van der Waals surface area contributed by atoms with Crippen LogP contribution in [0.4, 0.5) is 0 Å². The number of nitrogens with one attached hydrogen (secondary N) is 1. The minimum Gasteiger partial charge on any atom is -0.451 e. The zero-order chi connectivity index (χ0) is 15.4. The highest BCUT2D eigenvalue weighted by Crippen LogP contribution is 2.19. The molecule has 2 N–H and O–H groups in total. The van der Waals surface area contributed by atoms with Crippen LogP contribution in [0.1, 0.15) is 28.6 Å². The van der Waals surface area contributed by atoms with Crippen molar-refractivity contribution in [2.45, 2.75) is 12.5 Å². The van der Waals surface area contributed by atoms with Gasteiger partial charge in [-0.15, -0.1) is 0 Å². The van der Waals surface area contributed by atoms with Gasteiger partial charge in [-0.25, -0.2) is 0 Å². The molecule has 22 heavy (non-hydrogen) atoms. The number of hydrogen-bond donors (Lipinski definition) is 2. The number of para-hydroxylation sites is 1. The average Bonchev–Trinajstić information content (AvgIpc) is 2.99. The molecule has 0 saturated carbocycles. The van der Waals surface area contributed by atoms with E-state index in [1.807, 2.05) is 54.6 Å². The number of furan rings is 1. The van der Waals surface area contributed by atoms with Crippen molar-refractivity contribution < 1.29 is 14.3 Å². The number of amides is 1.